The van der Waals surface area contributed by atoms with Crippen LogP contribution in [-0.2, 0) is 6.54 Å². The van der Waals surface area contributed by atoms with Gasteiger partial charge in [0.15, 0.2) is 0 Å². The highest BCUT2D eigenvalue weighted by molar-refractivity contribution is 5.60. The molecular formula is C13H15N3. The van der Waals surface area contributed by atoms with Crippen molar-refractivity contribution in [2.24, 2.45) is 0 Å². The molecule has 1 aromatic heterocycles. The van der Waals surface area contributed by atoms with Gasteiger partial charge in [0.05, 0.1) is 5.69 Å². The summed E-state index contributed by atoms with van der Waals surface area (Å²) in [5.41, 5.74) is 7.91. The molecule has 3 heteroatoms. The van der Waals surface area contributed by atoms with Crippen molar-refractivity contribution in [3.05, 3.63) is 48.7 Å². The molecule has 0 unspecified atom stereocenters. The normalized spacial score (nSPS) is 10.3. The van der Waals surface area contributed by atoms with Crippen LogP contribution in [0.2, 0.25) is 0 Å². The van der Waals surface area contributed by atoms with Crippen LogP contribution in [0.1, 0.15) is 5.69 Å². The molecule has 0 fully saturated rings. The van der Waals surface area contributed by atoms with Crippen molar-refractivity contribution < 1.29 is 0 Å². The zero-order valence-corrected chi connectivity index (χ0v) is 9.35. The smallest absolute Gasteiger partial charge is 0.142 e. The van der Waals surface area contributed by atoms with Crippen LogP contribution in [0.5, 0.6) is 0 Å². The van der Waals surface area contributed by atoms with E-state index in [1.807, 2.05) is 47.9 Å². The Morgan fingerprint density at radius 1 is 1.38 bits per heavy atom. The second-order valence-corrected chi connectivity index (χ2v) is 3.67. The second kappa shape index (κ2) is 4.23. The van der Waals surface area contributed by atoms with E-state index in [0.29, 0.717) is 12.4 Å². The molecule has 0 radical (unpaired) electrons. The van der Waals surface area contributed by atoms with Gasteiger partial charge in [-0.2, -0.15) is 0 Å². The summed E-state index contributed by atoms with van der Waals surface area (Å²) >= 11 is 0. The Labute approximate surface area is 95.2 Å². The molecule has 0 aliphatic rings. The van der Waals surface area contributed by atoms with Crippen LogP contribution in [0.3, 0.4) is 0 Å². The van der Waals surface area contributed by atoms with Crippen LogP contribution < -0.4 is 5.73 Å². The Bertz CT molecular complexity index is 497. The van der Waals surface area contributed by atoms with Crippen molar-refractivity contribution in [2.75, 3.05) is 5.73 Å². The summed E-state index contributed by atoms with van der Waals surface area (Å²) in [5.74, 6) is 1.61. The quantitative estimate of drug-likeness (QED) is 0.796. The maximum Gasteiger partial charge on any atom is 0.142 e. The number of allylic oxidation sites excluding steroid dienone is 1. The molecule has 2 rings (SSSR count). The molecule has 2 N–H and O–H groups in total. The van der Waals surface area contributed by atoms with E-state index in [1.54, 1.807) is 0 Å². The van der Waals surface area contributed by atoms with E-state index in [9.17, 15) is 0 Å². The summed E-state index contributed by atoms with van der Waals surface area (Å²) in [5, 5.41) is 0. The molecule has 1 aromatic carbocycles. The molecule has 0 aliphatic carbocycles. The SMILES string of the molecule is C=CCn1c(-c2ccccc2)nc(C)c1N. The second-order valence-electron chi connectivity index (χ2n) is 3.67. The van der Waals surface area contributed by atoms with Crippen LogP contribution in [-0.4, -0.2) is 9.55 Å². The van der Waals surface area contributed by atoms with Gasteiger partial charge >= 0.3 is 0 Å². The summed E-state index contributed by atoms with van der Waals surface area (Å²) in [4.78, 5) is 4.49. The van der Waals surface area contributed by atoms with Crippen molar-refractivity contribution >= 4 is 5.82 Å². The Balaban J connectivity index is 2.56. The maximum absolute atomic E-state index is 5.98. The average molecular weight is 213 g/mol. The Hall–Kier alpha value is -2.03. The standard InChI is InChI=1S/C13H15N3/c1-3-9-16-12(14)10(2)15-13(16)11-7-5-4-6-8-11/h3-8H,1,9,14H2,2H3. The van der Waals surface area contributed by atoms with E-state index in [4.69, 9.17) is 5.73 Å². The molecule has 3 nitrogen and oxygen atoms in total. The molecule has 0 aliphatic heterocycles. The lowest BCUT2D eigenvalue weighted by Gasteiger charge is -2.06. The summed E-state index contributed by atoms with van der Waals surface area (Å²) in [6.07, 6.45) is 1.82. The van der Waals surface area contributed by atoms with Crippen LogP contribution in [0.4, 0.5) is 5.82 Å². The lowest BCUT2D eigenvalue weighted by Crippen LogP contribution is -2.03. The number of rotatable bonds is 3. The van der Waals surface area contributed by atoms with Crippen molar-refractivity contribution in [1.29, 1.82) is 0 Å². The van der Waals surface area contributed by atoms with Gasteiger partial charge < -0.3 is 10.3 Å². The molecule has 0 atom stereocenters. The third-order valence-electron chi connectivity index (χ3n) is 2.53. The Kier molecular flexibility index (Phi) is 2.77. The molecule has 0 bridgehead atoms. The highest BCUT2D eigenvalue weighted by Gasteiger charge is 2.11. The van der Waals surface area contributed by atoms with Crippen LogP contribution in [0, 0.1) is 6.92 Å². The molecule has 1 heterocycles. The van der Waals surface area contributed by atoms with E-state index in [1.165, 1.54) is 0 Å². The lowest BCUT2D eigenvalue weighted by molar-refractivity contribution is 0.843. The van der Waals surface area contributed by atoms with E-state index >= 15 is 0 Å². The molecule has 16 heavy (non-hydrogen) atoms. The first-order valence-electron chi connectivity index (χ1n) is 5.23. The number of benzene rings is 1. The number of hydrogen-bond acceptors (Lipinski definition) is 2. The van der Waals surface area contributed by atoms with Gasteiger partial charge in [-0.1, -0.05) is 36.4 Å². The van der Waals surface area contributed by atoms with Crippen LogP contribution >= 0.6 is 0 Å². The highest BCUT2D eigenvalue weighted by atomic mass is 15.1. The first-order valence-corrected chi connectivity index (χ1v) is 5.23. The minimum absolute atomic E-state index is 0.677. The van der Waals surface area contributed by atoms with Crippen LogP contribution in [0.25, 0.3) is 11.4 Å². The molecule has 0 amide bonds. The predicted octanol–water partition coefficient (Wildman–Crippen LogP) is 2.63. The summed E-state index contributed by atoms with van der Waals surface area (Å²) < 4.78 is 1.97. The summed E-state index contributed by atoms with van der Waals surface area (Å²) in [6, 6.07) is 10.0. The average Bonchev–Trinajstić information content (AvgIpc) is 2.59. The van der Waals surface area contributed by atoms with Gasteiger partial charge in [-0.25, -0.2) is 4.98 Å². The van der Waals surface area contributed by atoms with Gasteiger partial charge in [0, 0.05) is 12.1 Å². The fourth-order valence-electron chi connectivity index (χ4n) is 1.71. The molecule has 2 aromatic rings. The van der Waals surface area contributed by atoms with E-state index in [-0.39, 0.29) is 0 Å². The molecule has 0 saturated heterocycles. The minimum atomic E-state index is 0.677. The Morgan fingerprint density at radius 2 is 2.06 bits per heavy atom. The highest BCUT2D eigenvalue weighted by Crippen LogP contribution is 2.23. The maximum atomic E-state index is 5.98. The molecule has 82 valence electrons. The van der Waals surface area contributed by atoms with Gasteiger partial charge in [0.25, 0.3) is 0 Å². The van der Waals surface area contributed by atoms with Gasteiger partial charge in [-0.15, -0.1) is 6.58 Å². The number of anilines is 1. The number of imidazole rings is 1. The number of aromatic nitrogens is 2. The van der Waals surface area contributed by atoms with Crippen molar-refractivity contribution in [1.82, 2.24) is 9.55 Å². The zero-order chi connectivity index (χ0) is 11.5. The first kappa shape index (κ1) is 10.5. The topological polar surface area (TPSA) is 43.8 Å². The first-order chi connectivity index (χ1) is 7.74. The fourth-order valence-corrected chi connectivity index (χ4v) is 1.71. The zero-order valence-electron chi connectivity index (χ0n) is 9.35. The summed E-state index contributed by atoms with van der Waals surface area (Å²) in [6.45, 7) is 6.33. The lowest BCUT2D eigenvalue weighted by atomic mass is 10.2. The van der Waals surface area contributed by atoms with Gasteiger partial charge in [0.2, 0.25) is 0 Å². The minimum Gasteiger partial charge on any atom is -0.384 e. The van der Waals surface area contributed by atoms with Crippen LogP contribution in [0.15, 0.2) is 43.0 Å². The van der Waals surface area contributed by atoms with Gasteiger partial charge in [-0.05, 0) is 6.92 Å². The van der Waals surface area contributed by atoms with E-state index in [0.717, 1.165) is 17.1 Å². The number of hydrogen-bond donors (Lipinski definition) is 1. The molecule has 0 spiro atoms. The third-order valence-corrected chi connectivity index (χ3v) is 2.53. The monoisotopic (exact) mass is 213 g/mol. The number of aryl methyl sites for hydroxylation is 1. The van der Waals surface area contributed by atoms with Crippen molar-refractivity contribution in [3.8, 4) is 11.4 Å². The Morgan fingerprint density at radius 3 is 2.69 bits per heavy atom. The number of nitrogens with zero attached hydrogens (tertiary/aromatic N) is 2. The predicted molar refractivity (Wildman–Crippen MR) is 67.0 cm³/mol. The molecular weight excluding hydrogens is 198 g/mol. The van der Waals surface area contributed by atoms with Gasteiger partial charge in [-0.3, -0.25) is 0 Å². The van der Waals surface area contributed by atoms with Crippen molar-refractivity contribution in [2.45, 2.75) is 13.5 Å². The largest absolute Gasteiger partial charge is 0.384 e. The third kappa shape index (κ3) is 1.72. The molecule has 0 saturated carbocycles. The van der Waals surface area contributed by atoms with Gasteiger partial charge in [0.1, 0.15) is 11.6 Å². The fraction of sp³-hybridized carbons (Fsp3) is 0.154. The number of nitrogens with two attached hydrogens (primary N) is 1. The summed E-state index contributed by atoms with van der Waals surface area (Å²) in [7, 11) is 0. The van der Waals surface area contributed by atoms with E-state index < -0.39 is 0 Å². The van der Waals surface area contributed by atoms with Crippen molar-refractivity contribution in [3.63, 3.8) is 0 Å². The number of nitrogen functional groups attached to an aromatic ring is 1. The van der Waals surface area contributed by atoms with E-state index in [2.05, 4.69) is 11.6 Å².